The average molecular weight is 285 g/mol. The molecule has 2 aromatic heterocycles. The van der Waals surface area contributed by atoms with E-state index in [-0.39, 0.29) is 6.04 Å². The molecule has 1 N–H and O–H groups in total. The molecule has 0 saturated heterocycles. The fourth-order valence-electron chi connectivity index (χ4n) is 3.09. The van der Waals surface area contributed by atoms with Gasteiger partial charge in [-0.3, -0.25) is 14.6 Å². The molecule has 21 heavy (non-hydrogen) atoms. The second kappa shape index (κ2) is 6.80. The van der Waals surface area contributed by atoms with Gasteiger partial charge in [-0.15, -0.1) is 0 Å². The van der Waals surface area contributed by atoms with E-state index < -0.39 is 0 Å². The van der Waals surface area contributed by atoms with Crippen LogP contribution >= 0.6 is 0 Å². The van der Waals surface area contributed by atoms with E-state index in [2.05, 4.69) is 39.2 Å². The maximum Gasteiger partial charge on any atom is 0.0760 e. The minimum atomic E-state index is 0.177. The topological polar surface area (TPSA) is 55.6 Å². The predicted molar refractivity (Wildman–Crippen MR) is 81.9 cm³/mol. The molecular weight excluding hydrogens is 262 g/mol. The fourth-order valence-corrected chi connectivity index (χ4v) is 3.09. The van der Waals surface area contributed by atoms with Gasteiger partial charge >= 0.3 is 0 Å². The lowest BCUT2D eigenvalue weighted by molar-refractivity contribution is 0.456. The third kappa shape index (κ3) is 3.47. The molecule has 0 amide bonds. The van der Waals surface area contributed by atoms with Gasteiger partial charge < -0.3 is 5.32 Å². The standard InChI is InChI=1S/C16H23N5/c1-2-18-15(16-12-17-8-9-19-16)11-13-7-10-21(20-13)14-5-3-4-6-14/h7-10,12,14-15,18H,2-6,11H2,1H3. The zero-order valence-corrected chi connectivity index (χ0v) is 12.6. The van der Waals surface area contributed by atoms with Crippen molar-refractivity contribution in [1.82, 2.24) is 25.1 Å². The first-order chi connectivity index (χ1) is 10.4. The van der Waals surface area contributed by atoms with Crippen molar-refractivity contribution in [3.05, 3.63) is 42.2 Å². The van der Waals surface area contributed by atoms with Crippen LogP contribution in [0, 0.1) is 0 Å². The first-order valence-corrected chi connectivity index (χ1v) is 7.90. The van der Waals surface area contributed by atoms with Crippen molar-refractivity contribution >= 4 is 0 Å². The van der Waals surface area contributed by atoms with Crippen LogP contribution in [0.15, 0.2) is 30.9 Å². The summed E-state index contributed by atoms with van der Waals surface area (Å²) in [6, 6.07) is 2.92. The van der Waals surface area contributed by atoms with Gasteiger partial charge in [0, 0.05) is 31.2 Å². The van der Waals surface area contributed by atoms with Gasteiger partial charge in [-0.1, -0.05) is 19.8 Å². The maximum absolute atomic E-state index is 4.77. The molecular formula is C16H23N5. The van der Waals surface area contributed by atoms with Gasteiger partial charge in [0.15, 0.2) is 0 Å². The highest BCUT2D eigenvalue weighted by Crippen LogP contribution is 2.29. The summed E-state index contributed by atoms with van der Waals surface area (Å²) in [4.78, 5) is 8.59. The van der Waals surface area contributed by atoms with E-state index in [4.69, 9.17) is 5.10 Å². The van der Waals surface area contributed by atoms with Crippen molar-refractivity contribution in [1.29, 1.82) is 0 Å². The Morgan fingerprint density at radius 1 is 1.33 bits per heavy atom. The molecule has 0 bridgehead atoms. The van der Waals surface area contributed by atoms with E-state index >= 15 is 0 Å². The smallest absolute Gasteiger partial charge is 0.0760 e. The lowest BCUT2D eigenvalue weighted by Gasteiger charge is -2.16. The highest BCUT2D eigenvalue weighted by Gasteiger charge is 2.19. The molecule has 3 rings (SSSR count). The van der Waals surface area contributed by atoms with E-state index in [1.807, 2.05) is 6.20 Å². The fraction of sp³-hybridized carbons (Fsp3) is 0.562. The van der Waals surface area contributed by atoms with Crippen molar-refractivity contribution in [3.8, 4) is 0 Å². The number of aromatic nitrogens is 4. The van der Waals surface area contributed by atoms with E-state index in [9.17, 15) is 0 Å². The van der Waals surface area contributed by atoms with Crippen LogP contribution in [0.25, 0.3) is 0 Å². The van der Waals surface area contributed by atoms with E-state index in [0.717, 1.165) is 24.4 Å². The molecule has 112 valence electrons. The molecule has 1 unspecified atom stereocenters. The molecule has 1 saturated carbocycles. The summed E-state index contributed by atoms with van der Waals surface area (Å²) < 4.78 is 2.15. The third-order valence-electron chi connectivity index (χ3n) is 4.17. The molecule has 1 aliphatic carbocycles. The van der Waals surface area contributed by atoms with Crippen molar-refractivity contribution in [2.24, 2.45) is 0 Å². The first-order valence-electron chi connectivity index (χ1n) is 7.90. The minimum Gasteiger partial charge on any atom is -0.309 e. The summed E-state index contributed by atoms with van der Waals surface area (Å²) in [6.45, 7) is 3.02. The van der Waals surface area contributed by atoms with Gasteiger partial charge in [0.25, 0.3) is 0 Å². The Hall–Kier alpha value is -1.75. The van der Waals surface area contributed by atoms with Crippen molar-refractivity contribution in [3.63, 3.8) is 0 Å². The van der Waals surface area contributed by atoms with Crippen LogP contribution in [-0.2, 0) is 6.42 Å². The van der Waals surface area contributed by atoms with Gasteiger partial charge in [0.1, 0.15) is 0 Å². The van der Waals surface area contributed by atoms with Crippen LogP contribution in [0.3, 0.4) is 0 Å². The molecule has 0 aromatic carbocycles. The average Bonchev–Trinajstić information content (AvgIpc) is 3.19. The van der Waals surface area contributed by atoms with Gasteiger partial charge in [-0.2, -0.15) is 5.10 Å². The normalized spacial score (nSPS) is 17.2. The highest BCUT2D eigenvalue weighted by atomic mass is 15.3. The summed E-state index contributed by atoms with van der Waals surface area (Å²) in [6.07, 6.45) is 13.5. The number of nitrogens with one attached hydrogen (secondary N) is 1. The van der Waals surface area contributed by atoms with Gasteiger partial charge in [-0.05, 0) is 25.5 Å². The van der Waals surface area contributed by atoms with Crippen molar-refractivity contribution < 1.29 is 0 Å². The zero-order valence-electron chi connectivity index (χ0n) is 12.6. The van der Waals surface area contributed by atoms with Gasteiger partial charge in [0.2, 0.25) is 0 Å². The van der Waals surface area contributed by atoms with Crippen LogP contribution < -0.4 is 5.32 Å². The Bertz CT molecular complexity index is 545. The van der Waals surface area contributed by atoms with Crippen LogP contribution in [-0.4, -0.2) is 26.3 Å². The van der Waals surface area contributed by atoms with Crippen LogP contribution in [0.1, 0.15) is 56.1 Å². The number of rotatable bonds is 6. The number of hydrogen-bond donors (Lipinski definition) is 1. The molecule has 1 aliphatic rings. The zero-order chi connectivity index (χ0) is 14.5. The summed E-state index contributed by atoms with van der Waals surface area (Å²) in [7, 11) is 0. The van der Waals surface area contributed by atoms with Gasteiger partial charge in [-0.25, -0.2) is 0 Å². The highest BCUT2D eigenvalue weighted by molar-refractivity contribution is 5.10. The van der Waals surface area contributed by atoms with E-state index in [1.165, 1.54) is 25.7 Å². The van der Waals surface area contributed by atoms with Crippen molar-refractivity contribution in [2.75, 3.05) is 6.54 Å². The van der Waals surface area contributed by atoms with Crippen LogP contribution in [0.5, 0.6) is 0 Å². The molecule has 2 heterocycles. The SMILES string of the molecule is CCNC(Cc1ccn(C2CCCC2)n1)c1cnccn1. The Kier molecular flexibility index (Phi) is 4.60. The monoisotopic (exact) mass is 285 g/mol. The maximum atomic E-state index is 4.77. The Morgan fingerprint density at radius 3 is 2.90 bits per heavy atom. The minimum absolute atomic E-state index is 0.177. The molecule has 5 nitrogen and oxygen atoms in total. The van der Waals surface area contributed by atoms with Crippen molar-refractivity contribution in [2.45, 2.75) is 51.1 Å². The summed E-state index contributed by atoms with van der Waals surface area (Å²) in [5, 5.41) is 8.24. The molecule has 1 fully saturated rings. The number of nitrogens with zero attached hydrogens (tertiary/aromatic N) is 4. The Labute approximate surface area is 125 Å². The molecule has 2 aromatic rings. The molecule has 0 aliphatic heterocycles. The quantitative estimate of drug-likeness (QED) is 0.886. The second-order valence-corrected chi connectivity index (χ2v) is 5.67. The lowest BCUT2D eigenvalue weighted by Crippen LogP contribution is -2.24. The second-order valence-electron chi connectivity index (χ2n) is 5.67. The van der Waals surface area contributed by atoms with Gasteiger partial charge in [0.05, 0.1) is 23.5 Å². The Morgan fingerprint density at radius 2 is 2.19 bits per heavy atom. The number of hydrogen-bond acceptors (Lipinski definition) is 4. The lowest BCUT2D eigenvalue weighted by atomic mass is 10.1. The third-order valence-corrected chi connectivity index (χ3v) is 4.17. The van der Waals surface area contributed by atoms with Crippen LogP contribution in [0.2, 0.25) is 0 Å². The summed E-state index contributed by atoms with van der Waals surface area (Å²) in [5.41, 5.74) is 2.10. The van der Waals surface area contributed by atoms with E-state index in [1.54, 1.807) is 12.4 Å². The van der Waals surface area contributed by atoms with Crippen LogP contribution in [0.4, 0.5) is 0 Å². The van der Waals surface area contributed by atoms with E-state index in [0.29, 0.717) is 6.04 Å². The molecule has 0 spiro atoms. The molecule has 0 radical (unpaired) electrons. The molecule has 1 atom stereocenters. The largest absolute Gasteiger partial charge is 0.309 e. The first kappa shape index (κ1) is 14.2. The summed E-state index contributed by atoms with van der Waals surface area (Å²) >= 11 is 0. The summed E-state index contributed by atoms with van der Waals surface area (Å²) in [5.74, 6) is 0. The Balaban J connectivity index is 1.71. The predicted octanol–water partition coefficient (Wildman–Crippen LogP) is 2.68. The molecule has 5 heteroatoms. The number of likely N-dealkylation sites (N-methyl/N-ethyl adjacent to an activating group) is 1.